The Balaban J connectivity index is 1.83. The molecule has 1 fully saturated rings. The summed E-state index contributed by atoms with van der Waals surface area (Å²) in [4.78, 5) is 26.2. The molecule has 1 saturated heterocycles. The zero-order valence-electron chi connectivity index (χ0n) is 17.6. The van der Waals surface area contributed by atoms with Gasteiger partial charge in [0.1, 0.15) is 18.4 Å². The van der Waals surface area contributed by atoms with Crippen molar-refractivity contribution in [2.75, 3.05) is 26.2 Å². The molecule has 0 saturated carbocycles. The van der Waals surface area contributed by atoms with E-state index in [-0.39, 0.29) is 37.0 Å². The SMILES string of the molecule is CC#CCOc1ccc(S(=O)(=O)N2CCCN(C(=O)c3ccccc3)CC2C(=O)O)cc1. The molecule has 1 aliphatic rings. The van der Waals surface area contributed by atoms with Gasteiger partial charge in [-0.3, -0.25) is 9.59 Å². The average Bonchev–Trinajstić information content (AvgIpc) is 3.04. The maximum Gasteiger partial charge on any atom is 0.323 e. The van der Waals surface area contributed by atoms with E-state index in [1.165, 1.54) is 29.2 Å². The third kappa shape index (κ3) is 5.28. The second-order valence-corrected chi connectivity index (χ2v) is 9.02. The summed E-state index contributed by atoms with van der Waals surface area (Å²) in [6, 6.07) is 12.9. The number of carbonyl (C=O) groups is 2. The molecule has 8 nitrogen and oxygen atoms in total. The Morgan fingerprint density at radius 2 is 1.78 bits per heavy atom. The minimum absolute atomic E-state index is 0.0117. The largest absolute Gasteiger partial charge is 0.481 e. The molecule has 2 aromatic rings. The van der Waals surface area contributed by atoms with Crippen LogP contribution in [-0.4, -0.2) is 66.9 Å². The van der Waals surface area contributed by atoms with E-state index < -0.39 is 22.0 Å². The van der Waals surface area contributed by atoms with Gasteiger partial charge in [0, 0.05) is 25.2 Å². The molecular formula is C23H24N2O6S. The number of carboxylic acids is 1. The fraction of sp³-hybridized carbons (Fsp3) is 0.304. The van der Waals surface area contributed by atoms with E-state index in [1.54, 1.807) is 37.3 Å². The summed E-state index contributed by atoms with van der Waals surface area (Å²) in [5.74, 6) is 4.27. The number of ether oxygens (including phenoxy) is 1. The molecular weight excluding hydrogens is 432 g/mol. The molecule has 2 aromatic carbocycles. The first-order valence-electron chi connectivity index (χ1n) is 10.1. The van der Waals surface area contributed by atoms with Crippen LogP contribution in [0, 0.1) is 11.8 Å². The van der Waals surface area contributed by atoms with Crippen LogP contribution in [0.4, 0.5) is 0 Å². The van der Waals surface area contributed by atoms with Gasteiger partial charge in [0.05, 0.1) is 4.90 Å². The summed E-state index contributed by atoms with van der Waals surface area (Å²) in [5.41, 5.74) is 0.427. The number of benzene rings is 2. The number of nitrogens with zero attached hydrogens (tertiary/aromatic N) is 2. The lowest BCUT2D eigenvalue weighted by Gasteiger charge is -2.28. The Kier molecular flexibility index (Phi) is 7.51. The van der Waals surface area contributed by atoms with Crippen LogP contribution in [0.3, 0.4) is 0 Å². The number of hydrogen-bond acceptors (Lipinski definition) is 5. The molecule has 1 amide bonds. The standard InChI is InChI=1S/C23H24N2O6S/c1-2-3-16-31-19-10-12-20(13-11-19)32(29,30)25-15-7-14-24(17-21(25)23(27)28)22(26)18-8-5-4-6-9-18/h4-6,8-13,21H,7,14-17H2,1H3,(H,27,28). The molecule has 1 aliphatic heterocycles. The Morgan fingerprint density at radius 1 is 1.09 bits per heavy atom. The fourth-order valence-corrected chi connectivity index (χ4v) is 5.05. The molecule has 1 heterocycles. The quantitative estimate of drug-likeness (QED) is 0.668. The second kappa shape index (κ2) is 10.3. The highest BCUT2D eigenvalue weighted by Crippen LogP contribution is 2.24. The maximum absolute atomic E-state index is 13.3. The van der Waals surface area contributed by atoms with Gasteiger partial charge in [0.15, 0.2) is 0 Å². The van der Waals surface area contributed by atoms with Gasteiger partial charge in [-0.15, -0.1) is 5.92 Å². The third-order valence-corrected chi connectivity index (χ3v) is 6.98. The molecule has 0 aliphatic carbocycles. The van der Waals surface area contributed by atoms with Crippen molar-refractivity contribution in [3.8, 4) is 17.6 Å². The second-order valence-electron chi connectivity index (χ2n) is 7.13. The van der Waals surface area contributed by atoms with Gasteiger partial charge in [0.2, 0.25) is 10.0 Å². The summed E-state index contributed by atoms with van der Waals surface area (Å²) in [7, 11) is -4.10. The lowest BCUT2D eigenvalue weighted by Crippen LogP contribution is -2.49. The molecule has 1 atom stereocenters. The van der Waals surface area contributed by atoms with E-state index in [9.17, 15) is 23.1 Å². The van der Waals surface area contributed by atoms with Crippen molar-refractivity contribution in [2.24, 2.45) is 0 Å². The third-order valence-electron chi connectivity index (χ3n) is 5.06. The molecule has 1 unspecified atom stereocenters. The van der Waals surface area contributed by atoms with Crippen LogP contribution in [0.5, 0.6) is 5.75 Å². The van der Waals surface area contributed by atoms with Crippen molar-refractivity contribution in [2.45, 2.75) is 24.3 Å². The van der Waals surface area contributed by atoms with Crippen molar-refractivity contribution in [3.63, 3.8) is 0 Å². The summed E-state index contributed by atoms with van der Waals surface area (Å²) in [6.07, 6.45) is 0.318. The van der Waals surface area contributed by atoms with Crippen LogP contribution in [0.2, 0.25) is 0 Å². The Bertz CT molecular complexity index is 1120. The lowest BCUT2D eigenvalue weighted by atomic mass is 10.2. The van der Waals surface area contributed by atoms with Gasteiger partial charge in [0.25, 0.3) is 5.91 Å². The predicted octanol–water partition coefficient (Wildman–Crippen LogP) is 2.08. The van der Waals surface area contributed by atoms with Crippen molar-refractivity contribution < 1.29 is 27.9 Å². The molecule has 1 N–H and O–H groups in total. The topological polar surface area (TPSA) is 104 Å². The number of carboxylic acid groups (broad SMARTS) is 1. The smallest absolute Gasteiger partial charge is 0.323 e. The molecule has 0 aromatic heterocycles. The summed E-state index contributed by atoms with van der Waals surface area (Å²) < 4.78 is 32.9. The molecule has 9 heteroatoms. The number of aliphatic carboxylic acids is 1. The van der Waals surface area contributed by atoms with Crippen LogP contribution >= 0.6 is 0 Å². The number of amides is 1. The van der Waals surface area contributed by atoms with Gasteiger partial charge in [-0.25, -0.2) is 8.42 Å². The number of carbonyl (C=O) groups excluding carboxylic acids is 1. The molecule has 168 valence electrons. The van der Waals surface area contributed by atoms with Crippen molar-refractivity contribution in [1.82, 2.24) is 9.21 Å². The van der Waals surface area contributed by atoms with Gasteiger partial charge in [-0.05, 0) is 49.7 Å². The Hall–Kier alpha value is -3.35. The van der Waals surface area contributed by atoms with E-state index in [0.717, 1.165) is 4.31 Å². The van der Waals surface area contributed by atoms with Crippen molar-refractivity contribution in [3.05, 3.63) is 60.2 Å². The first-order valence-corrected chi connectivity index (χ1v) is 11.5. The van der Waals surface area contributed by atoms with Crippen molar-refractivity contribution >= 4 is 21.9 Å². The van der Waals surface area contributed by atoms with E-state index in [1.807, 2.05) is 0 Å². The zero-order valence-corrected chi connectivity index (χ0v) is 18.4. The highest BCUT2D eigenvalue weighted by molar-refractivity contribution is 7.89. The van der Waals surface area contributed by atoms with E-state index in [4.69, 9.17) is 4.74 Å². The zero-order chi connectivity index (χ0) is 23.1. The monoisotopic (exact) mass is 456 g/mol. The first-order chi connectivity index (χ1) is 15.3. The predicted molar refractivity (Wildman–Crippen MR) is 118 cm³/mol. The van der Waals surface area contributed by atoms with E-state index >= 15 is 0 Å². The first kappa shape index (κ1) is 23.3. The summed E-state index contributed by atoms with van der Waals surface area (Å²) >= 11 is 0. The van der Waals surface area contributed by atoms with Crippen LogP contribution in [0.15, 0.2) is 59.5 Å². The van der Waals surface area contributed by atoms with Crippen LogP contribution in [-0.2, 0) is 14.8 Å². The normalized spacial score (nSPS) is 17.0. The lowest BCUT2D eigenvalue weighted by molar-refractivity contribution is -0.141. The van der Waals surface area contributed by atoms with Gasteiger partial charge in [-0.2, -0.15) is 4.31 Å². The average molecular weight is 457 g/mol. The van der Waals surface area contributed by atoms with Gasteiger partial charge in [-0.1, -0.05) is 24.1 Å². The minimum atomic E-state index is -4.10. The van der Waals surface area contributed by atoms with E-state index in [0.29, 0.717) is 17.7 Å². The van der Waals surface area contributed by atoms with Gasteiger partial charge >= 0.3 is 5.97 Å². The highest BCUT2D eigenvalue weighted by atomic mass is 32.2. The Labute approximate surface area is 187 Å². The molecule has 0 bridgehead atoms. The number of sulfonamides is 1. The number of hydrogen-bond donors (Lipinski definition) is 1. The van der Waals surface area contributed by atoms with Crippen LogP contribution < -0.4 is 4.74 Å². The maximum atomic E-state index is 13.3. The number of rotatable bonds is 6. The summed E-state index contributed by atoms with van der Waals surface area (Å²) in [6.45, 7) is 1.88. The van der Waals surface area contributed by atoms with Crippen molar-refractivity contribution in [1.29, 1.82) is 0 Å². The molecule has 3 rings (SSSR count). The van der Waals surface area contributed by atoms with E-state index in [2.05, 4.69) is 11.8 Å². The summed E-state index contributed by atoms with van der Waals surface area (Å²) in [5, 5.41) is 9.80. The minimum Gasteiger partial charge on any atom is -0.481 e. The fourth-order valence-electron chi connectivity index (χ4n) is 3.44. The van der Waals surface area contributed by atoms with Crippen LogP contribution in [0.1, 0.15) is 23.7 Å². The van der Waals surface area contributed by atoms with Gasteiger partial charge < -0.3 is 14.7 Å². The molecule has 0 radical (unpaired) electrons. The highest BCUT2D eigenvalue weighted by Gasteiger charge is 2.39. The molecule has 0 spiro atoms. The Morgan fingerprint density at radius 3 is 2.41 bits per heavy atom. The molecule has 32 heavy (non-hydrogen) atoms. The van der Waals surface area contributed by atoms with Crippen LogP contribution in [0.25, 0.3) is 0 Å².